The largest absolute Gasteiger partial charge is 0.382 e. The van der Waals surface area contributed by atoms with E-state index in [0.717, 1.165) is 31.6 Å². The molecule has 0 aliphatic heterocycles. The quantitative estimate of drug-likeness (QED) is 0.587. The molecule has 0 aromatic rings. The molecule has 0 amide bonds. The van der Waals surface area contributed by atoms with E-state index in [1.807, 2.05) is 0 Å². The summed E-state index contributed by atoms with van der Waals surface area (Å²) in [7, 11) is 1.72. The van der Waals surface area contributed by atoms with Gasteiger partial charge in [-0.25, -0.2) is 0 Å². The second-order valence-corrected chi connectivity index (χ2v) is 7.38. The highest BCUT2D eigenvalue weighted by atomic mass is 16.5. The molecule has 2 atom stereocenters. The van der Waals surface area contributed by atoms with Crippen molar-refractivity contribution in [2.75, 3.05) is 40.0 Å². The van der Waals surface area contributed by atoms with E-state index in [1.54, 1.807) is 7.11 Å². The van der Waals surface area contributed by atoms with E-state index in [9.17, 15) is 0 Å². The summed E-state index contributed by atoms with van der Waals surface area (Å²) in [4.78, 5) is 0. The Morgan fingerprint density at radius 1 is 1.14 bits per heavy atom. The summed E-state index contributed by atoms with van der Waals surface area (Å²) in [5, 5.41) is 3.63. The summed E-state index contributed by atoms with van der Waals surface area (Å²) in [5.41, 5.74) is 0.531. The number of hydrogen-bond acceptors (Lipinski definition) is 3. The zero-order chi connectivity index (χ0) is 15.6. The Bertz CT molecular complexity index is 256. The minimum Gasteiger partial charge on any atom is -0.382 e. The molecule has 0 spiro atoms. The van der Waals surface area contributed by atoms with Crippen LogP contribution in [0.1, 0.15) is 59.3 Å². The van der Waals surface area contributed by atoms with Gasteiger partial charge in [-0.15, -0.1) is 0 Å². The van der Waals surface area contributed by atoms with Crippen molar-refractivity contribution in [1.82, 2.24) is 5.32 Å². The van der Waals surface area contributed by atoms with Gasteiger partial charge in [-0.2, -0.15) is 0 Å². The maximum atomic E-state index is 5.61. The van der Waals surface area contributed by atoms with Crippen LogP contribution < -0.4 is 5.32 Å². The molecule has 3 heteroatoms. The summed E-state index contributed by atoms with van der Waals surface area (Å²) >= 11 is 0. The molecule has 1 rings (SSSR count). The third-order valence-electron chi connectivity index (χ3n) is 4.80. The van der Waals surface area contributed by atoms with Crippen molar-refractivity contribution >= 4 is 0 Å². The fraction of sp³-hybridized carbons (Fsp3) is 1.00. The standard InChI is InChI=1S/C18H37NO2/c1-5-10-19-15-17-8-9-18(2,3)14-16(17)7-6-11-21-13-12-20-4/h16-17,19H,5-15H2,1-4H3. The molecule has 0 aromatic heterocycles. The molecule has 1 aliphatic carbocycles. The lowest BCUT2D eigenvalue weighted by Gasteiger charge is -2.41. The molecule has 3 nitrogen and oxygen atoms in total. The van der Waals surface area contributed by atoms with Crippen LogP contribution in [0.5, 0.6) is 0 Å². The molecule has 0 aromatic carbocycles. The zero-order valence-electron chi connectivity index (χ0n) is 14.7. The van der Waals surface area contributed by atoms with E-state index in [4.69, 9.17) is 9.47 Å². The Morgan fingerprint density at radius 3 is 2.67 bits per heavy atom. The molecule has 1 fully saturated rings. The molecule has 0 heterocycles. The van der Waals surface area contributed by atoms with Crippen LogP contribution in [0.15, 0.2) is 0 Å². The van der Waals surface area contributed by atoms with Gasteiger partial charge in [-0.3, -0.25) is 0 Å². The first-order valence-electron chi connectivity index (χ1n) is 8.86. The van der Waals surface area contributed by atoms with Crippen LogP contribution in [-0.2, 0) is 9.47 Å². The van der Waals surface area contributed by atoms with E-state index in [0.29, 0.717) is 12.0 Å². The lowest BCUT2D eigenvalue weighted by Crippen LogP contribution is -2.36. The van der Waals surface area contributed by atoms with Crippen LogP contribution in [0.25, 0.3) is 0 Å². The average molecular weight is 299 g/mol. The highest BCUT2D eigenvalue weighted by molar-refractivity contribution is 4.85. The van der Waals surface area contributed by atoms with Crippen LogP contribution in [-0.4, -0.2) is 40.0 Å². The lowest BCUT2D eigenvalue weighted by molar-refractivity contribution is 0.0581. The van der Waals surface area contributed by atoms with Crippen molar-refractivity contribution in [3.8, 4) is 0 Å². The van der Waals surface area contributed by atoms with Crippen molar-refractivity contribution in [2.24, 2.45) is 17.3 Å². The van der Waals surface area contributed by atoms with Gasteiger partial charge in [0.1, 0.15) is 0 Å². The molecule has 0 bridgehead atoms. The van der Waals surface area contributed by atoms with Gasteiger partial charge in [-0.05, 0) is 68.9 Å². The normalized spacial score (nSPS) is 25.1. The molecule has 1 N–H and O–H groups in total. The van der Waals surface area contributed by atoms with Crippen LogP contribution in [0, 0.1) is 17.3 Å². The second-order valence-electron chi connectivity index (χ2n) is 7.38. The highest BCUT2D eigenvalue weighted by Gasteiger charge is 2.34. The third-order valence-corrected chi connectivity index (χ3v) is 4.80. The van der Waals surface area contributed by atoms with Gasteiger partial charge in [0, 0.05) is 13.7 Å². The smallest absolute Gasteiger partial charge is 0.0700 e. The Balaban J connectivity index is 2.29. The van der Waals surface area contributed by atoms with Gasteiger partial charge in [0.25, 0.3) is 0 Å². The Kier molecular flexibility index (Phi) is 9.54. The predicted molar refractivity (Wildman–Crippen MR) is 89.7 cm³/mol. The first-order valence-corrected chi connectivity index (χ1v) is 8.86. The van der Waals surface area contributed by atoms with Crippen LogP contribution in [0.4, 0.5) is 0 Å². The van der Waals surface area contributed by atoms with Crippen molar-refractivity contribution in [1.29, 1.82) is 0 Å². The van der Waals surface area contributed by atoms with Gasteiger partial charge < -0.3 is 14.8 Å². The average Bonchev–Trinajstić information content (AvgIpc) is 2.44. The Morgan fingerprint density at radius 2 is 1.95 bits per heavy atom. The highest BCUT2D eigenvalue weighted by Crippen LogP contribution is 2.43. The minimum absolute atomic E-state index is 0.531. The number of rotatable bonds is 11. The molecular weight excluding hydrogens is 262 g/mol. The fourth-order valence-electron chi connectivity index (χ4n) is 3.55. The van der Waals surface area contributed by atoms with Gasteiger partial charge in [-0.1, -0.05) is 20.8 Å². The third kappa shape index (κ3) is 8.18. The summed E-state index contributed by atoms with van der Waals surface area (Å²) in [6.45, 7) is 11.8. The van der Waals surface area contributed by atoms with Gasteiger partial charge in [0.05, 0.1) is 13.2 Å². The van der Waals surface area contributed by atoms with E-state index in [1.165, 1.54) is 45.1 Å². The zero-order valence-corrected chi connectivity index (χ0v) is 14.7. The van der Waals surface area contributed by atoms with Gasteiger partial charge in [0.2, 0.25) is 0 Å². The minimum atomic E-state index is 0.531. The molecule has 0 radical (unpaired) electrons. The van der Waals surface area contributed by atoms with Crippen LogP contribution in [0.2, 0.25) is 0 Å². The summed E-state index contributed by atoms with van der Waals surface area (Å²) < 4.78 is 10.6. The van der Waals surface area contributed by atoms with Crippen LogP contribution in [0.3, 0.4) is 0 Å². The molecular formula is C18H37NO2. The summed E-state index contributed by atoms with van der Waals surface area (Å²) in [5.74, 6) is 1.73. The van der Waals surface area contributed by atoms with E-state index >= 15 is 0 Å². The van der Waals surface area contributed by atoms with Crippen molar-refractivity contribution in [3.05, 3.63) is 0 Å². The first-order chi connectivity index (χ1) is 10.1. The predicted octanol–water partition coefficient (Wildman–Crippen LogP) is 3.87. The number of methoxy groups -OCH3 is 1. The van der Waals surface area contributed by atoms with Gasteiger partial charge in [0.15, 0.2) is 0 Å². The molecule has 0 saturated heterocycles. The molecule has 2 unspecified atom stereocenters. The number of ether oxygens (including phenoxy) is 2. The van der Waals surface area contributed by atoms with Crippen molar-refractivity contribution < 1.29 is 9.47 Å². The SMILES string of the molecule is CCCNCC1CCC(C)(C)CC1CCCOCCOC. The van der Waals surface area contributed by atoms with Crippen LogP contribution >= 0.6 is 0 Å². The first kappa shape index (κ1) is 18.9. The second kappa shape index (κ2) is 10.6. The van der Waals surface area contributed by atoms with Crippen molar-refractivity contribution in [3.63, 3.8) is 0 Å². The maximum absolute atomic E-state index is 5.61. The Labute approximate surface area is 132 Å². The topological polar surface area (TPSA) is 30.5 Å². The molecule has 126 valence electrons. The van der Waals surface area contributed by atoms with E-state index < -0.39 is 0 Å². The maximum Gasteiger partial charge on any atom is 0.0700 e. The Hall–Kier alpha value is -0.120. The summed E-state index contributed by atoms with van der Waals surface area (Å²) in [6.07, 6.45) is 7.88. The number of nitrogens with one attached hydrogen (secondary N) is 1. The monoisotopic (exact) mass is 299 g/mol. The molecule has 21 heavy (non-hydrogen) atoms. The van der Waals surface area contributed by atoms with Gasteiger partial charge >= 0.3 is 0 Å². The van der Waals surface area contributed by atoms with E-state index in [-0.39, 0.29) is 0 Å². The lowest BCUT2D eigenvalue weighted by atomic mass is 9.66. The fourth-order valence-corrected chi connectivity index (χ4v) is 3.55. The van der Waals surface area contributed by atoms with Crippen molar-refractivity contribution in [2.45, 2.75) is 59.3 Å². The van der Waals surface area contributed by atoms with E-state index in [2.05, 4.69) is 26.1 Å². The molecule has 1 aliphatic rings. The number of hydrogen-bond donors (Lipinski definition) is 1. The summed E-state index contributed by atoms with van der Waals surface area (Å²) in [6, 6.07) is 0. The molecule has 1 saturated carbocycles.